The number of piperidine rings is 1. The van der Waals surface area contributed by atoms with Crippen LogP contribution >= 0.6 is 0 Å². The third kappa shape index (κ3) is 17.0. The van der Waals surface area contributed by atoms with Crippen LogP contribution in [0.5, 0.6) is 5.75 Å². The second-order valence-corrected chi connectivity index (χ2v) is 22.4. The molecule has 0 unspecified atom stereocenters. The van der Waals surface area contributed by atoms with Gasteiger partial charge >= 0.3 is 11.9 Å². The average molecular weight is 1080 g/mol. The molecule has 3 N–H and O–H groups in total. The molecule has 2 bridgehead atoms. The van der Waals surface area contributed by atoms with Crippen LogP contribution in [0.1, 0.15) is 132 Å². The highest BCUT2D eigenvalue weighted by molar-refractivity contribution is 6.39. The molecule has 1 aromatic carbocycles. The number of hydrogen-bond acceptors (Lipinski definition) is 16. The van der Waals surface area contributed by atoms with E-state index in [4.69, 9.17) is 28.4 Å². The Hall–Kier alpha value is -4.95. The zero-order valence-electron chi connectivity index (χ0n) is 46.9. The number of nitro groups is 1. The summed E-state index contributed by atoms with van der Waals surface area (Å²) in [6.45, 7) is 12.9. The number of ether oxygens (including phenoxy) is 6. The van der Waals surface area contributed by atoms with Gasteiger partial charge in [0.2, 0.25) is 5.79 Å². The quantitative estimate of drug-likeness (QED) is 0.0500. The molecule has 77 heavy (non-hydrogen) atoms. The SMILES string of the molecule is CO[C@H]1C[C@@H]2CC[C@@H](C)[C@@](O)(O2)C(=O)C(=O)N2CCCC[C@H]2C(=O)O[C@H]([C@H](C)C[C@@H]2CC[C@@H](O)[C@H](OC)C2)C[C@@H](CC(=O)Oc2ccc([N+](=O)[O-])cc2)[C@H](C)/C=C(\C)[C@@H](O)[C@@H](OC)C(=O)[C@H](C)C[C@H](C)/C=C/C=C/C=C/1C. The number of nitrogens with zero attached hydrogens (tertiary/aromatic N) is 2. The van der Waals surface area contributed by atoms with Gasteiger partial charge in [-0.25, -0.2) is 4.79 Å². The maximum Gasteiger partial charge on any atom is 0.329 e. The van der Waals surface area contributed by atoms with Crippen molar-refractivity contribution >= 4 is 35.1 Å². The number of Topliss-reactive ketones (excluding diaryl/α,β-unsaturated/α-hetero) is 2. The summed E-state index contributed by atoms with van der Waals surface area (Å²) in [6.07, 6.45) is 10.6. The second-order valence-electron chi connectivity index (χ2n) is 22.4. The van der Waals surface area contributed by atoms with E-state index < -0.39 is 107 Å². The number of benzene rings is 1. The number of hydrogen-bond donors (Lipinski definition) is 3. The molecule has 18 nitrogen and oxygen atoms in total. The number of carbonyl (C=O) groups excluding carboxylic acids is 5. The Morgan fingerprint density at radius 3 is 2.25 bits per heavy atom. The molecule has 1 saturated carbocycles. The summed E-state index contributed by atoms with van der Waals surface area (Å²) in [6, 6.07) is 3.88. The lowest BCUT2D eigenvalue weighted by Crippen LogP contribution is -2.61. The Balaban J connectivity index is 1.57. The molecule has 1 amide bonds. The fourth-order valence-electron chi connectivity index (χ4n) is 11.6. The van der Waals surface area contributed by atoms with Crippen LogP contribution in [0.4, 0.5) is 5.69 Å². The van der Waals surface area contributed by atoms with Crippen molar-refractivity contribution in [3.63, 3.8) is 0 Å². The lowest BCUT2D eigenvalue weighted by atomic mass is 9.76. The highest BCUT2D eigenvalue weighted by Gasteiger charge is 2.53. The van der Waals surface area contributed by atoms with Crippen molar-refractivity contribution in [1.29, 1.82) is 0 Å². The van der Waals surface area contributed by atoms with E-state index in [0.29, 0.717) is 63.4 Å². The van der Waals surface area contributed by atoms with Gasteiger partial charge in [-0.3, -0.25) is 29.3 Å². The third-order valence-electron chi connectivity index (χ3n) is 16.6. The summed E-state index contributed by atoms with van der Waals surface area (Å²) in [5.74, 6) is -9.17. The van der Waals surface area contributed by atoms with E-state index in [2.05, 4.69) is 0 Å². The number of rotatable bonds is 10. The molecular weight excluding hydrogens is 993 g/mol. The minimum absolute atomic E-state index is 0.0280. The predicted molar refractivity (Wildman–Crippen MR) is 287 cm³/mol. The number of cyclic esters (lactones) is 1. The summed E-state index contributed by atoms with van der Waals surface area (Å²) < 4.78 is 35.7. The zero-order chi connectivity index (χ0) is 56.7. The first-order valence-corrected chi connectivity index (χ1v) is 27.6. The Morgan fingerprint density at radius 1 is 0.870 bits per heavy atom. The Bertz CT molecular complexity index is 2300. The number of non-ortho nitro benzene ring substituents is 1. The highest BCUT2D eigenvalue weighted by atomic mass is 16.6. The van der Waals surface area contributed by atoms with Crippen LogP contribution < -0.4 is 4.74 Å². The number of carbonyl (C=O) groups is 5. The van der Waals surface area contributed by atoms with Gasteiger partial charge in [-0.1, -0.05) is 71.1 Å². The lowest BCUT2D eigenvalue weighted by Gasteiger charge is -2.43. The molecule has 3 aliphatic heterocycles. The molecule has 18 heteroatoms. The van der Waals surface area contributed by atoms with Crippen molar-refractivity contribution in [2.24, 2.45) is 41.4 Å². The van der Waals surface area contributed by atoms with Crippen molar-refractivity contribution in [2.75, 3.05) is 27.9 Å². The maximum absolute atomic E-state index is 14.9. The molecule has 2 saturated heterocycles. The summed E-state index contributed by atoms with van der Waals surface area (Å²) in [4.78, 5) is 83.9. The van der Waals surface area contributed by atoms with Crippen molar-refractivity contribution in [1.82, 2.24) is 4.90 Å². The molecule has 1 aliphatic carbocycles. The summed E-state index contributed by atoms with van der Waals surface area (Å²) in [5, 5.41) is 46.0. The molecule has 0 aromatic heterocycles. The van der Waals surface area contributed by atoms with Gasteiger partial charge in [0.1, 0.15) is 30.1 Å². The molecule has 3 fully saturated rings. The molecule has 16 atom stereocenters. The van der Waals surface area contributed by atoms with Gasteiger partial charge in [0.25, 0.3) is 17.4 Å². The van der Waals surface area contributed by atoms with Gasteiger partial charge in [-0.2, -0.15) is 0 Å². The van der Waals surface area contributed by atoms with E-state index >= 15 is 0 Å². The fourth-order valence-corrected chi connectivity index (χ4v) is 11.6. The Labute approximate surface area is 454 Å². The number of nitro benzene ring substituents is 1. The van der Waals surface area contributed by atoms with Gasteiger partial charge in [-0.05, 0) is 137 Å². The van der Waals surface area contributed by atoms with Crippen molar-refractivity contribution in [2.45, 2.75) is 186 Å². The van der Waals surface area contributed by atoms with Crippen LogP contribution in [-0.4, -0.2) is 137 Å². The first kappa shape index (κ1) is 62.9. The number of amides is 1. The van der Waals surface area contributed by atoms with E-state index in [1.807, 2.05) is 58.1 Å². The lowest BCUT2D eigenvalue weighted by molar-refractivity contribution is -0.384. The van der Waals surface area contributed by atoms with Crippen molar-refractivity contribution in [3.05, 3.63) is 82.0 Å². The topological polar surface area (TPSA) is 248 Å². The van der Waals surface area contributed by atoms with Crippen LogP contribution in [-0.2, 0) is 47.7 Å². The zero-order valence-corrected chi connectivity index (χ0v) is 46.9. The molecule has 4 aliphatic rings. The van der Waals surface area contributed by atoms with E-state index in [-0.39, 0.29) is 67.2 Å². The van der Waals surface area contributed by atoms with Gasteiger partial charge in [0.15, 0.2) is 5.78 Å². The molecule has 428 valence electrons. The molecule has 0 radical (unpaired) electrons. The third-order valence-corrected chi connectivity index (χ3v) is 16.6. The molecule has 3 heterocycles. The Morgan fingerprint density at radius 2 is 1.58 bits per heavy atom. The summed E-state index contributed by atoms with van der Waals surface area (Å²) in [5.41, 5.74) is 1.07. The van der Waals surface area contributed by atoms with Crippen molar-refractivity contribution in [3.8, 4) is 5.75 Å². The first-order chi connectivity index (χ1) is 36.5. The average Bonchev–Trinajstić information content (AvgIpc) is 3.41. The van der Waals surface area contributed by atoms with Gasteiger partial charge in [0, 0.05) is 64.7 Å². The fraction of sp³-hybridized carbons (Fsp3) is 0.678. The number of allylic oxidation sites excluding steroid dienone is 6. The van der Waals surface area contributed by atoms with Crippen LogP contribution in [0.2, 0.25) is 0 Å². The van der Waals surface area contributed by atoms with E-state index in [0.717, 1.165) is 5.57 Å². The van der Waals surface area contributed by atoms with Crippen LogP contribution in [0.25, 0.3) is 0 Å². The van der Waals surface area contributed by atoms with Gasteiger partial charge < -0.3 is 48.6 Å². The number of aliphatic hydroxyl groups excluding tert-OH is 2. The second kappa shape index (κ2) is 29.3. The highest BCUT2D eigenvalue weighted by Crippen LogP contribution is 2.39. The molecule has 1 aromatic rings. The number of ketones is 2. The molecule has 5 rings (SSSR count). The minimum Gasteiger partial charge on any atom is -0.461 e. The van der Waals surface area contributed by atoms with E-state index in [1.165, 1.54) is 36.3 Å². The monoisotopic (exact) mass is 1080 g/mol. The number of methoxy groups -OCH3 is 3. The summed E-state index contributed by atoms with van der Waals surface area (Å²) in [7, 11) is 4.49. The summed E-state index contributed by atoms with van der Waals surface area (Å²) >= 11 is 0. The van der Waals surface area contributed by atoms with Gasteiger partial charge in [0.05, 0.1) is 29.3 Å². The van der Waals surface area contributed by atoms with Crippen LogP contribution in [0.3, 0.4) is 0 Å². The number of fused-ring (bicyclic) bond motifs is 3. The molecule has 0 spiro atoms. The Kier molecular flexibility index (Phi) is 23.9. The number of aliphatic hydroxyl groups is 3. The normalized spacial score (nSPS) is 36.7. The molecular formula is C59H86N2O16. The van der Waals surface area contributed by atoms with Gasteiger partial charge in [-0.15, -0.1) is 0 Å². The standard InChI is InChI=1S/C59H86N2O16/c1-35-16-12-11-13-17-36(2)49(72-8)34-46-23-19-41(7)59(69,77-46)56(66)57(67)60-27-15-14-18-47(60)58(68)76-50(38(4)30-42-20-26-48(62)51(31-42)73-9)32-43(33-52(63)75-45-24-21-44(22-25-45)61(70)71)37(3)29-40(6)54(65)55(74-10)53(64)39(5)28-35/h11-13,16-17,21-22,24-25,29,35,37-39,41-43,46-51,54-55,62,65,69H,14-15,18-20,23,26-28,30-34H2,1-10H3/b13-11+,16-12+,36-17+,40-29+/t35-,37-,38-,39-,41-,42+,43+,46+,47+,48-,49+,50+,51-,54-,55+,59-/m1/s1. The van der Waals surface area contributed by atoms with Crippen LogP contribution in [0.15, 0.2) is 71.9 Å². The maximum atomic E-state index is 14.9. The van der Waals surface area contributed by atoms with Crippen molar-refractivity contribution < 1.29 is 72.6 Å². The minimum atomic E-state index is -2.48. The number of esters is 2. The largest absolute Gasteiger partial charge is 0.461 e. The van der Waals surface area contributed by atoms with Crippen LogP contribution in [0, 0.1) is 51.5 Å². The van der Waals surface area contributed by atoms with E-state index in [1.54, 1.807) is 41.1 Å². The predicted octanol–water partition coefficient (Wildman–Crippen LogP) is 8.13. The van der Waals surface area contributed by atoms with E-state index in [9.17, 15) is 49.4 Å². The first-order valence-electron chi connectivity index (χ1n) is 27.6. The smallest absolute Gasteiger partial charge is 0.329 e.